The monoisotopic (exact) mass is 614 g/mol. The van der Waals surface area contributed by atoms with E-state index in [0.717, 1.165) is 25.7 Å². The molecule has 42 heavy (non-hydrogen) atoms. The summed E-state index contributed by atoms with van der Waals surface area (Å²) < 4.78 is 35.2. The first-order valence-electron chi connectivity index (χ1n) is 15.8. The van der Waals surface area contributed by atoms with Crippen LogP contribution in [0.2, 0.25) is 18.1 Å². The van der Waals surface area contributed by atoms with E-state index in [4.69, 9.17) is 28.1 Å². The van der Waals surface area contributed by atoms with E-state index in [1.165, 1.54) is 6.92 Å². The molecule has 9 heteroatoms. The number of rotatable bonds is 19. The molecule has 0 saturated carbocycles. The van der Waals surface area contributed by atoms with Crippen LogP contribution in [-0.2, 0) is 37.7 Å². The highest BCUT2D eigenvalue weighted by molar-refractivity contribution is 6.74. The summed E-state index contributed by atoms with van der Waals surface area (Å²) in [6.07, 6.45) is 8.28. The highest BCUT2D eigenvalue weighted by Gasteiger charge is 2.46. The molecule has 0 radical (unpaired) electrons. The van der Waals surface area contributed by atoms with Gasteiger partial charge in [-0.3, -0.25) is 9.59 Å². The van der Waals surface area contributed by atoms with Gasteiger partial charge >= 0.3 is 11.9 Å². The topological polar surface area (TPSA) is 89.5 Å². The normalized spacial score (nSPS) is 20.7. The van der Waals surface area contributed by atoms with Crippen molar-refractivity contribution in [2.75, 3.05) is 27.1 Å². The fourth-order valence-electron chi connectivity index (χ4n) is 5.15. The Morgan fingerprint density at radius 2 is 1.71 bits per heavy atom. The van der Waals surface area contributed by atoms with E-state index in [1.807, 2.05) is 20.8 Å². The quantitative estimate of drug-likeness (QED) is 0.0487. The van der Waals surface area contributed by atoms with Gasteiger partial charge < -0.3 is 28.1 Å². The summed E-state index contributed by atoms with van der Waals surface area (Å²) in [5.41, 5.74) is -0.532. The molecule has 0 bridgehead atoms. The molecule has 0 saturated heterocycles. The van der Waals surface area contributed by atoms with Crippen molar-refractivity contribution >= 4 is 20.3 Å². The van der Waals surface area contributed by atoms with E-state index in [2.05, 4.69) is 59.9 Å². The van der Waals surface area contributed by atoms with Gasteiger partial charge in [0.15, 0.2) is 8.32 Å². The Balaban J connectivity index is 3.12. The summed E-state index contributed by atoms with van der Waals surface area (Å²) in [6, 6.07) is 0. The lowest BCUT2D eigenvalue weighted by molar-refractivity contribution is -0.156. The third kappa shape index (κ3) is 14.0. The van der Waals surface area contributed by atoms with Crippen molar-refractivity contribution < 1.29 is 37.7 Å². The van der Waals surface area contributed by atoms with Crippen LogP contribution in [0.4, 0.5) is 0 Å². The summed E-state index contributed by atoms with van der Waals surface area (Å²) in [5, 5.41) is 0.00556. The third-order valence-electron chi connectivity index (χ3n) is 8.53. The second-order valence-electron chi connectivity index (χ2n) is 14.3. The fourth-order valence-corrected chi connectivity index (χ4v) is 6.58. The van der Waals surface area contributed by atoms with Gasteiger partial charge in [-0.2, -0.15) is 0 Å². The zero-order chi connectivity index (χ0) is 32.1. The van der Waals surface area contributed by atoms with Crippen molar-refractivity contribution in [1.29, 1.82) is 0 Å². The summed E-state index contributed by atoms with van der Waals surface area (Å²) in [4.78, 5) is 25.1. The van der Waals surface area contributed by atoms with Crippen molar-refractivity contribution in [3.63, 3.8) is 0 Å². The Hall–Kier alpha value is -1.26. The minimum Gasteiger partial charge on any atom is -0.462 e. The van der Waals surface area contributed by atoms with Crippen LogP contribution in [0.25, 0.3) is 0 Å². The van der Waals surface area contributed by atoms with Gasteiger partial charge in [0, 0.05) is 20.0 Å². The van der Waals surface area contributed by atoms with Crippen LogP contribution >= 0.6 is 0 Å². The van der Waals surface area contributed by atoms with Gasteiger partial charge in [-0.15, -0.1) is 0 Å². The molecule has 1 aliphatic rings. The van der Waals surface area contributed by atoms with Gasteiger partial charge in [0.05, 0.1) is 31.8 Å². The maximum Gasteiger partial charge on any atom is 0.306 e. The molecule has 246 valence electrons. The van der Waals surface area contributed by atoms with E-state index in [0.29, 0.717) is 26.1 Å². The maximum atomic E-state index is 12.9. The molecule has 0 aromatic heterocycles. The third-order valence-corrected chi connectivity index (χ3v) is 13.0. The van der Waals surface area contributed by atoms with Crippen LogP contribution < -0.4 is 0 Å². The highest BCUT2D eigenvalue weighted by atomic mass is 28.4. The number of ether oxygens (including phenoxy) is 5. The zero-order valence-electron chi connectivity index (χ0n) is 28.7. The molecule has 0 heterocycles. The van der Waals surface area contributed by atoms with Crippen LogP contribution in [0.1, 0.15) is 101 Å². The first-order valence-corrected chi connectivity index (χ1v) is 18.7. The number of carbonyl (C=O) groups excluding carboxylic acids is 2. The van der Waals surface area contributed by atoms with Crippen molar-refractivity contribution in [2.45, 2.75) is 143 Å². The molecule has 0 N–H and O–H groups in total. The van der Waals surface area contributed by atoms with Crippen molar-refractivity contribution in [2.24, 2.45) is 17.8 Å². The van der Waals surface area contributed by atoms with Crippen LogP contribution in [0, 0.1) is 17.8 Å². The van der Waals surface area contributed by atoms with Crippen molar-refractivity contribution in [1.82, 2.24) is 0 Å². The number of carbonyl (C=O) groups is 2. The van der Waals surface area contributed by atoms with Crippen LogP contribution in [0.5, 0.6) is 0 Å². The molecule has 0 fully saturated rings. The average molecular weight is 615 g/mol. The fraction of sp³-hybridized carbons (Fsp3) is 0.879. The number of allylic oxidation sites excluding steroid dienone is 2. The van der Waals surface area contributed by atoms with E-state index in [1.54, 1.807) is 7.11 Å². The first-order chi connectivity index (χ1) is 19.4. The minimum atomic E-state index is -2.20. The van der Waals surface area contributed by atoms with E-state index in [9.17, 15) is 9.59 Å². The lowest BCUT2D eigenvalue weighted by Crippen LogP contribution is -2.50. The average Bonchev–Trinajstić information content (AvgIpc) is 3.30. The van der Waals surface area contributed by atoms with Gasteiger partial charge in [0.1, 0.15) is 18.5 Å². The lowest BCUT2D eigenvalue weighted by atomic mass is 9.79. The minimum absolute atomic E-state index is 0.00556. The molecule has 0 aromatic rings. The van der Waals surface area contributed by atoms with E-state index >= 15 is 0 Å². The Morgan fingerprint density at radius 1 is 1.05 bits per heavy atom. The second kappa shape index (κ2) is 17.9. The summed E-state index contributed by atoms with van der Waals surface area (Å²) in [5.74, 6) is -0.451. The molecule has 6 atom stereocenters. The first kappa shape index (κ1) is 38.8. The molecular formula is C33H62O8Si. The predicted octanol–water partition coefficient (Wildman–Crippen LogP) is 7.45. The lowest BCUT2D eigenvalue weighted by Gasteiger charge is -2.45. The van der Waals surface area contributed by atoms with Gasteiger partial charge in [-0.05, 0) is 82.8 Å². The molecule has 0 aliphatic heterocycles. The molecule has 0 spiro atoms. The van der Waals surface area contributed by atoms with E-state index in [-0.39, 0.29) is 59.8 Å². The highest BCUT2D eigenvalue weighted by Crippen LogP contribution is 2.44. The summed E-state index contributed by atoms with van der Waals surface area (Å²) in [7, 11) is -0.554. The maximum absolute atomic E-state index is 12.9. The second-order valence-corrected chi connectivity index (χ2v) is 19.0. The molecule has 8 nitrogen and oxygen atoms in total. The molecule has 1 aliphatic carbocycles. The standard InChI is InChI=1S/C33H62O8Si/c1-13-27(38-23-37-21-20-36-10)17-15-19-29(39-25(3)34)24(2)31(41-42(11,12)33(7,8)9)28-18-14-16-26(28)22-30(35)40-32(4,5)6/h14,16,24,26-29,31H,13,15,17-23H2,1-12H3/t24-,26+,27+,28+,29+,31+/m1/s1. The Bertz CT molecular complexity index is 829. The van der Waals surface area contributed by atoms with Gasteiger partial charge in [0.25, 0.3) is 0 Å². The number of hydrogen-bond donors (Lipinski definition) is 0. The zero-order valence-corrected chi connectivity index (χ0v) is 29.7. The Labute approximate surface area is 257 Å². The van der Waals surface area contributed by atoms with Gasteiger partial charge in [-0.25, -0.2) is 0 Å². The molecule has 1 rings (SSSR count). The number of methoxy groups -OCH3 is 1. The van der Waals surface area contributed by atoms with Gasteiger partial charge in [0.2, 0.25) is 0 Å². The molecule has 0 unspecified atom stereocenters. The largest absolute Gasteiger partial charge is 0.462 e. The van der Waals surface area contributed by atoms with Crippen molar-refractivity contribution in [3.8, 4) is 0 Å². The summed E-state index contributed by atoms with van der Waals surface area (Å²) >= 11 is 0. The summed E-state index contributed by atoms with van der Waals surface area (Å²) in [6.45, 7) is 23.9. The van der Waals surface area contributed by atoms with Crippen LogP contribution in [0.3, 0.4) is 0 Å². The smallest absolute Gasteiger partial charge is 0.306 e. The van der Waals surface area contributed by atoms with E-state index < -0.39 is 13.9 Å². The van der Waals surface area contributed by atoms with Crippen molar-refractivity contribution in [3.05, 3.63) is 12.2 Å². The predicted molar refractivity (Wildman–Crippen MR) is 170 cm³/mol. The van der Waals surface area contributed by atoms with Gasteiger partial charge in [-0.1, -0.05) is 46.8 Å². The molecule has 0 aromatic carbocycles. The number of hydrogen-bond acceptors (Lipinski definition) is 8. The number of esters is 2. The molecule has 0 amide bonds. The van der Waals surface area contributed by atoms with Crippen LogP contribution in [-0.4, -0.2) is 71.3 Å². The Morgan fingerprint density at radius 3 is 2.26 bits per heavy atom. The van der Waals surface area contributed by atoms with Crippen LogP contribution in [0.15, 0.2) is 12.2 Å². The Kier molecular flexibility index (Phi) is 16.5. The SMILES string of the molecule is CC[C@@H](CCC[C@H](OC(C)=O)[C@@H](C)[C@H](O[Si](C)(C)C(C)(C)C)[C@H]1CC=C[C@H]1CC(=O)OC(C)(C)C)OCOCCOC. The molecular weight excluding hydrogens is 552 g/mol.